The molecule has 2 rings (SSSR count). The van der Waals surface area contributed by atoms with Crippen molar-refractivity contribution in [2.24, 2.45) is 10.7 Å². The maximum Gasteiger partial charge on any atom is 0.0966 e. The summed E-state index contributed by atoms with van der Waals surface area (Å²) in [6.07, 6.45) is -0.0198. The summed E-state index contributed by atoms with van der Waals surface area (Å²) >= 11 is 0. The van der Waals surface area contributed by atoms with E-state index in [9.17, 15) is 0 Å². The van der Waals surface area contributed by atoms with E-state index in [1.807, 2.05) is 26.1 Å². The Morgan fingerprint density at radius 2 is 2.14 bits per heavy atom. The van der Waals surface area contributed by atoms with Gasteiger partial charge in [0.05, 0.1) is 12.7 Å². The number of nitrogens with zero attached hydrogens (tertiary/aromatic N) is 2. The molecule has 0 saturated carbocycles. The largest absolute Gasteiger partial charge is 0.357 e. The number of hydrogen-bond acceptors (Lipinski definition) is 3. The number of benzene rings is 1. The van der Waals surface area contributed by atoms with Gasteiger partial charge in [-0.25, -0.2) is 0 Å². The van der Waals surface area contributed by atoms with Crippen molar-refractivity contribution in [3.05, 3.63) is 29.8 Å². The van der Waals surface area contributed by atoms with Crippen LogP contribution in [0.5, 0.6) is 0 Å². The second-order valence-corrected chi connectivity index (χ2v) is 3.62. The monoisotopic (exact) mass is 189 g/mol. The number of para-hydroxylation sites is 1. The minimum atomic E-state index is -0.0198. The number of benzodiazepines with no additional fused rings is 1. The van der Waals surface area contributed by atoms with E-state index >= 15 is 0 Å². The van der Waals surface area contributed by atoms with Crippen LogP contribution in [-0.2, 0) is 0 Å². The molecule has 74 valence electrons. The number of anilines is 1. The first-order valence-electron chi connectivity index (χ1n) is 4.79. The van der Waals surface area contributed by atoms with Gasteiger partial charge in [0.1, 0.15) is 0 Å². The SMILES string of the molecule is CC1=NCC(N)N(C)c2ccccc21. The van der Waals surface area contributed by atoms with Crippen molar-refractivity contribution in [3.63, 3.8) is 0 Å². The van der Waals surface area contributed by atoms with E-state index in [4.69, 9.17) is 5.73 Å². The Morgan fingerprint density at radius 1 is 1.43 bits per heavy atom. The fraction of sp³-hybridized carbons (Fsp3) is 0.364. The van der Waals surface area contributed by atoms with Gasteiger partial charge in [-0.1, -0.05) is 18.2 Å². The molecule has 3 heteroatoms. The van der Waals surface area contributed by atoms with E-state index in [-0.39, 0.29) is 6.17 Å². The van der Waals surface area contributed by atoms with Crippen LogP contribution in [0.1, 0.15) is 12.5 Å². The van der Waals surface area contributed by atoms with Crippen LogP contribution < -0.4 is 10.6 Å². The van der Waals surface area contributed by atoms with Gasteiger partial charge in [-0.2, -0.15) is 0 Å². The van der Waals surface area contributed by atoms with Crippen LogP contribution in [0, 0.1) is 0 Å². The highest BCUT2D eigenvalue weighted by Crippen LogP contribution is 2.23. The molecular formula is C11H15N3. The van der Waals surface area contributed by atoms with Gasteiger partial charge < -0.3 is 10.6 Å². The molecule has 0 aromatic heterocycles. The van der Waals surface area contributed by atoms with Crippen molar-refractivity contribution in [1.82, 2.24) is 0 Å². The highest BCUT2D eigenvalue weighted by molar-refractivity contribution is 6.04. The molecule has 0 aliphatic carbocycles. The van der Waals surface area contributed by atoms with Crippen molar-refractivity contribution in [3.8, 4) is 0 Å². The molecule has 0 amide bonds. The molecule has 1 atom stereocenters. The molecule has 0 fully saturated rings. The molecule has 1 unspecified atom stereocenters. The summed E-state index contributed by atoms with van der Waals surface area (Å²) in [7, 11) is 2.01. The quantitative estimate of drug-likeness (QED) is 0.667. The molecule has 0 saturated heterocycles. The predicted molar refractivity (Wildman–Crippen MR) is 59.9 cm³/mol. The van der Waals surface area contributed by atoms with Crippen LogP contribution in [-0.4, -0.2) is 25.5 Å². The van der Waals surface area contributed by atoms with Crippen molar-refractivity contribution < 1.29 is 0 Å². The van der Waals surface area contributed by atoms with Crippen molar-refractivity contribution in [2.45, 2.75) is 13.1 Å². The summed E-state index contributed by atoms with van der Waals surface area (Å²) in [6.45, 7) is 2.70. The summed E-state index contributed by atoms with van der Waals surface area (Å²) in [5.74, 6) is 0. The Labute approximate surface area is 84.2 Å². The molecule has 1 aliphatic heterocycles. The average Bonchev–Trinajstić information content (AvgIpc) is 2.33. The molecule has 1 aliphatic rings. The zero-order chi connectivity index (χ0) is 10.1. The molecule has 0 radical (unpaired) electrons. The van der Waals surface area contributed by atoms with E-state index in [1.165, 1.54) is 11.3 Å². The fourth-order valence-electron chi connectivity index (χ4n) is 1.70. The van der Waals surface area contributed by atoms with Gasteiger partial charge in [-0.05, 0) is 13.0 Å². The maximum absolute atomic E-state index is 5.97. The van der Waals surface area contributed by atoms with Gasteiger partial charge in [0.2, 0.25) is 0 Å². The van der Waals surface area contributed by atoms with Gasteiger partial charge >= 0.3 is 0 Å². The highest BCUT2D eigenvalue weighted by atomic mass is 15.2. The molecule has 2 N–H and O–H groups in total. The number of rotatable bonds is 0. The maximum atomic E-state index is 5.97. The normalized spacial score (nSPS) is 21.2. The van der Waals surface area contributed by atoms with Crippen LogP contribution >= 0.6 is 0 Å². The lowest BCUT2D eigenvalue weighted by atomic mass is 10.1. The third-order valence-electron chi connectivity index (χ3n) is 2.69. The Kier molecular flexibility index (Phi) is 2.25. The lowest BCUT2D eigenvalue weighted by Crippen LogP contribution is -2.41. The summed E-state index contributed by atoms with van der Waals surface area (Å²) in [5.41, 5.74) is 9.39. The second kappa shape index (κ2) is 3.42. The van der Waals surface area contributed by atoms with Gasteiger partial charge in [-0.15, -0.1) is 0 Å². The zero-order valence-corrected chi connectivity index (χ0v) is 8.57. The van der Waals surface area contributed by atoms with Gasteiger partial charge in [0.25, 0.3) is 0 Å². The van der Waals surface area contributed by atoms with Gasteiger partial charge in [0.15, 0.2) is 0 Å². The van der Waals surface area contributed by atoms with Crippen molar-refractivity contribution in [2.75, 3.05) is 18.5 Å². The minimum Gasteiger partial charge on any atom is -0.357 e. The summed E-state index contributed by atoms with van der Waals surface area (Å²) < 4.78 is 0. The van der Waals surface area contributed by atoms with Crippen LogP contribution in [0.2, 0.25) is 0 Å². The van der Waals surface area contributed by atoms with E-state index in [2.05, 4.69) is 22.0 Å². The number of nitrogens with two attached hydrogens (primary N) is 1. The summed E-state index contributed by atoms with van der Waals surface area (Å²) in [6, 6.07) is 8.23. The van der Waals surface area contributed by atoms with Crippen LogP contribution in [0.15, 0.2) is 29.3 Å². The second-order valence-electron chi connectivity index (χ2n) is 3.62. The number of fused-ring (bicyclic) bond motifs is 1. The average molecular weight is 189 g/mol. The van der Waals surface area contributed by atoms with E-state index in [0.717, 1.165) is 5.71 Å². The molecule has 14 heavy (non-hydrogen) atoms. The standard InChI is InChI=1S/C11H15N3/c1-8-9-5-3-4-6-10(9)14(2)11(12)7-13-8/h3-6,11H,7,12H2,1-2H3. The third kappa shape index (κ3) is 1.40. The molecular weight excluding hydrogens is 174 g/mol. The van der Waals surface area contributed by atoms with Crippen molar-refractivity contribution >= 4 is 11.4 Å². The summed E-state index contributed by atoms with van der Waals surface area (Å²) in [5, 5.41) is 0. The minimum absolute atomic E-state index is 0.0198. The molecule has 3 nitrogen and oxygen atoms in total. The number of hydrogen-bond donors (Lipinski definition) is 1. The summed E-state index contributed by atoms with van der Waals surface area (Å²) in [4.78, 5) is 6.53. The van der Waals surface area contributed by atoms with Gasteiger partial charge in [0, 0.05) is 24.0 Å². The molecule has 1 aromatic carbocycles. The lowest BCUT2D eigenvalue weighted by molar-refractivity contribution is 0.672. The van der Waals surface area contributed by atoms with E-state index in [1.54, 1.807) is 0 Å². The number of likely N-dealkylation sites (N-methyl/N-ethyl adjacent to an activating group) is 1. The topological polar surface area (TPSA) is 41.6 Å². The lowest BCUT2D eigenvalue weighted by Gasteiger charge is -2.25. The van der Waals surface area contributed by atoms with E-state index in [0.29, 0.717) is 6.54 Å². The van der Waals surface area contributed by atoms with Crippen molar-refractivity contribution in [1.29, 1.82) is 0 Å². The predicted octanol–water partition coefficient (Wildman–Crippen LogP) is 1.23. The first kappa shape index (κ1) is 9.21. The Balaban J connectivity index is 2.55. The first-order chi connectivity index (χ1) is 6.70. The number of aliphatic imine (C=N–C) groups is 1. The Bertz CT molecular complexity index is 371. The fourth-order valence-corrected chi connectivity index (χ4v) is 1.70. The van der Waals surface area contributed by atoms with Crippen LogP contribution in [0.25, 0.3) is 0 Å². The highest BCUT2D eigenvalue weighted by Gasteiger charge is 2.17. The van der Waals surface area contributed by atoms with E-state index < -0.39 is 0 Å². The molecule has 1 aromatic rings. The molecule has 0 spiro atoms. The van der Waals surface area contributed by atoms with Crippen LogP contribution in [0.4, 0.5) is 5.69 Å². The first-order valence-corrected chi connectivity index (χ1v) is 4.79. The Hall–Kier alpha value is -1.35. The smallest absolute Gasteiger partial charge is 0.0966 e. The van der Waals surface area contributed by atoms with Crippen LogP contribution in [0.3, 0.4) is 0 Å². The Morgan fingerprint density at radius 3 is 2.93 bits per heavy atom. The zero-order valence-electron chi connectivity index (χ0n) is 8.57. The molecule has 1 heterocycles. The molecule has 0 bridgehead atoms. The third-order valence-corrected chi connectivity index (χ3v) is 2.69. The van der Waals surface area contributed by atoms with Gasteiger partial charge in [-0.3, -0.25) is 4.99 Å².